The standard InChI is InChI=1S/C28H24F5N3O3/c1-16-24(18-10-6-13-23(39-2)25(18)30)26(37)36(15-22(34)17-8-4-3-5-9-17)27(38)35(16)14-19-20(28(31,32)33)11-7-12-21(19)29/h3-13,22H,14-15,34H2,1-2H3. The summed E-state index contributed by atoms with van der Waals surface area (Å²) >= 11 is 0. The molecule has 0 aliphatic rings. The molecule has 0 amide bonds. The lowest BCUT2D eigenvalue weighted by atomic mass is 10.0. The maximum Gasteiger partial charge on any atom is 0.416 e. The van der Waals surface area contributed by atoms with Gasteiger partial charge >= 0.3 is 11.9 Å². The third-order valence-corrected chi connectivity index (χ3v) is 6.49. The van der Waals surface area contributed by atoms with Crippen LogP contribution in [0.3, 0.4) is 0 Å². The Kier molecular flexibility index (Phi) is 7.73. The third-order valence-electron chi connectivity index (χ3n) is 6.49. The minimum absolute atomic E-state index is 0.155. The Labute approximate surface area is 219 Å². The summed E-state index contributed by atoms with van der Waals surface area (Å²) in [4.78, 5) is 27.3. The predicted molar refractivity (Wildman–Crippen MR) is 136 cm³/mol. The highest BCUT2D eigenvalue weighted by atomic mass is 19.4. The Hall–Kier alpha value is -4.25. The molecule has 6 nitrogen and oxygen atoms in total. The SMILES string of the molecule is COc1cccc(-c2c(C)n(Cc3c(F)cccc3C(F)(F)F)c(=O)n(CC(N)c3ccccc3)c2=O)c1F. The minimum Gasteiger partial charge on any atom is -0.494 e. The zero-order chi connectivity index (χ0) is 28.5. The minimum atomic E-state index is -4.92. The van der Waals surface area contributed by atoms with Gasteiger partial charge < -0.3 is 10.5 Å². The van der Waals surface area contributed by atoms with Gasteiger partial charge in [0.15, 0.2) is 11.6 Å². The maximum absolute atomic E-state index is 15.3. The first-order valence-electron chi connectivity index (χ1n) is 11.8. The van der Waals surface area contributed by atoms with Crippen molar-refractivity contribution in [2.45, 2.75) is 32.2 Å². The van der Waals surface area contributed by atoms with E-state index in [4.69, 9.17) is 10.5 Å². The summed E-state index contributed by atoms with van der Waals surface area (Å²) in [5.74, 6) is -2.29. The molecule has 1 heterocycles. The third kappa shape index (κ3) is 5.35. The zero-order valence-electron chi connectivity index (χ0n) is 20.9. The largest absolute Gasteiger partial charge is 0.494 e. The summed E-state index contributed by atoms with van der Waals surface area (Å²) in [5.41, 5.74) is 2.15. The van der Waals surface area contributed by atoms with E-state index in [1.54, 1.807) is 30.3 Å². The van der Waals surface area contributed by atoms with Crippen LogP contribution in [0.5, 0.6) is 5.75 Å². The number of halogens is 5. The maximum atomic E-state index is 15.3. The molecule has 1 aromatic heterocycles. The number of nitrogens with zero attached hydrogens (tertiary/aromatic N) is 2. The van der Waals surface area contributed by atoms with E-state index in [1.807, 2.05) is 0 Å². The Bertz CT molecular complexity index is 1630. The summed E-state index contributed by atoms with van der Waals surface area (Å²) in [6.45, 7) is 0.0438. The Morgan fingerprint density at radius 1 is 0.923 bits per heavy atom. The molecule has 0 spiro atoms. The second-order valence-corrected chi connectivity index (χ2v) is 8.85. The van der Waals surface area contributed by atoms with Gasteiger partial charge in [0, 0.05) is 22.9 Å². The van der Waals surface area contributed by atoms with Crippen molar-refractivity contribution in [2.24, 2.45) is 5.73 Å². The van der Waals surface area contributed by atoms with Crippen LogP contribution in [0, 0.1) is 18.6 Å². The molecule has 0 radical (unpaired) electrons. The van der Waals surface area contributed by atoms with Crippen LogP contribution < -0.4 is 21.7 Å². The van der Waals surface area contributed by atoms with Gasteiger partial charge in [-0.15, -0.1) is 0 Å². The van der Waals surface area contributed by atoms with Crippen molar-refractivity contribution < 1.29 is 26.7 Å². The molecule has 0 bridgehead atoms. The van der Waals surface area contributed by atoms with Gasteiger partial charge in [-0.3, -0.25) is 13.9 Å². The number of rotatable bonds is 7. The number of benzene rings is 3. The number of hydrogen-bond donors (Lipinski definition) is 1. The first-order chi connectivity index (χ1) is 18.5. The summed E-state index contributed by atoms with van der Waals surface area (Å²) in [7, 11) is 1.23. The Balaban J connectivity index is 2.00. The zero-order valence-corrected chi connectivity index (χ0v) is 20.9. The molecular weight excluding hydrogens is 521 g/mol. The van der Waals surface area contributed by atoms with E-state index in [9.17, 15) is 27.2 Å². The van der Waals surface area contributed by atoms with Gasteiger partial charge in [-0.25, -0.2) is 13.6 Å². The second kappa shape index (κ2) is 10.9. The van der Waals surface area contributed by atoms with Crippen molar-refractivity contribution in [3.63, 3.8) is 0 Å². The van der Waals surface area contributed by atoms with Crippen molar-refractivity contribution in [3.05, 3.63) is 122 Å². The molecule has 204 valence electrons. The normalized spacial score (nSPS) is 12.4. The van der Waals surface area contributed by atoms with Crippen LogP contribution >= 0.6 is 0 Å². The molecule has 1 unspecified atom stereocenters. The molecule has 1 atom stereocenters. The molecule has 4 rings (SSSR count). The van der Waals surface area contributed by atoms with Crippen LogP contribution in [-0.2, 0) is 19.3 Å². The lowest BCUT2D eigenvalue weighted by Crippen LogP contribution is -2.44. The van der Waals surface area contributed by atoms with Crippen molar-refractivity contribution in [3.8, 4) is 16.9 Å². The highest BCUT2D eigenvalue weighted by Gasteiger charge is 2.35. The first kappa shape index (κ1) is 27.8. The first-order valence-corrected chi connectivity index (χ1v) is 11.8. The highest BCUT2D eigenvalue weighted by molar-refractivity contribution is 5.67. The van der Waals surface area contributed by atoms with Crippen LogP contribution in [0.4, 0.5) is 22.0 Å². The molecule has 0 aliphatic carbocycles. The molecule has 0 fully saturated rings. The summed E-state index contributed by atoms with van der Waals surface area (Å²) < 4.78 is 77.8. The molecule has 2 N–H and O–H groups in total. The Morgan fingerprint density at radius 3 is 2.23 bits per heavy atom. The molecule has 39 heavy (non-hydrogen) atoms. The van der Waals surface area contributed by atoms with E-state index in [-0.39, 0.29) is 29.1 Å². The number of methoxy groups -OCH3 is 1. The van der Waals surface area contributed by atoms with Gasteiger partial charge in [0.1, 0.15) is 5.82 Å². The van der Waals surface area contributed by atoms with Gasteiger partial charge in [-0.2, -0.15) is 13.2 Å². The van der Waals surface area contributed by atoms with Gasteiger partial charge in [0.2, 0.25) is 0 Å². The summed E-state index contributed by atoms with van der Waals surface area (Å²) in [5, 5.41) is 0. The second-order valence-electron chi connectivity index (χ2n) is 8.85. The molecule has 0 aliphatic heterocycles. The highest BCUT2D eigenvalue weighted by Crippen LogP contribution is 2.34. The molecule has 4 aromatic rings. The van der Waals surface area contributed by atoms with Gasteiger partial charge in [0.25, 0.3) is 5.56 Å². The van der Waals surface area contributed by atoms with Crippen LogP contribution in [0.25, 0.3) is 11.1 Å². The molecule has 3 aromatic carbocycles. The van der Waals surface area contributed by atoms with Crippen molar-refractivity contribution in [1.82, 2.24) is 9.13 Å². The van der Waals surface area contributed by atoms with E-state index in [0.717, 1.165) is 21.3 Å². The number of alkyl halides is 3. The fourth-order valence-corrected chi connectivity index (χ4v) is 4.46. The van der Waals surface area contributed by atoms with Crippen LogP contribution in [0.15, 0.2) is 76.3 Å². The molecule has 11 heteroatoms. The smallest absolute Gasteiger partial charge is 0.416 e. The van der Waals surface area contributed by atoms with Crippen LogP contribution in [0.1, 0.15) is 28.4 Å². The fraction of sp³-hybridized carbons (Fsp3) is 0.214. The average molecular weight is 546 g/mol. The topological polar surface area (TPSA) is 79.2 Å². The lowest BCUT2D eigenvalue weighted by molar-refractivity contribution is -0.138. The number of ether oxygens (including phenoxy) is 1. The average Bonchev–Trinajstić information content (AvgIpc) is 2.90. The predicted octanol–water partition coefficient (Wildman–Crippen LogP) is 5.04. The van der Waals surface area contributed by atoms with Crippen molar-refractivity contribution in [1.29, 1.82) is 0 Å². The van der Waals surface area contributed by atoms with E-state index in [1.165, 1.54) is 32.2 Å². The van der Waals surface area contributed by atoms with E-state index >= 15 is 4.39 Å². The van der Waals surface area contributed by atoms with Gasteiger partial charge in [0.05, 0.1) is 31.3 Å². The quantitative estimate of drug-likeness (QED) is 0.330. The number of aromatic nitrogens is 2. The molecular formula is C28H24F5N3O3. The Morgan fingerprint density at radius 2 is 1.59 bits per heavy atom. The van der Waals surface area contributed by atoms with Crippen molar-refractivity contribution >= 4 is 0 Å². The number of nitrogens with two attached hydrogens (primary N) is 1. The van der Waals surface area contributed by atoms with E-state index in [2.05, 4.69) is 0 Å². The van der Waals surface area contributed by atoms with Crippen LogP contribution in [-0.4, -0.2) is 16.2 Å². The molecule has 0 saturated carbocycles. The monoisotopic (exact) mass is 545 g/mol. The fourth-order valence-electron chi connectivity index (χ4n) is 4.46. The number of hydrogen-bond acceptors (Lipinski definition) is 4. The van der Waals surface area contributed by atoms with E-state index in [0.29, 0.717) is 11.6 Å². The summed E-state index contributed by atoms with van der Waals surface area (Å²) in [6.07, 6.45) is -4.92. The molecule has 0 saturated heterocycles. The van der Waals surface area contributed by atoms with E-state index < -0.39 is 52.8 Å². The lowest BCUT2D eigenvalue weighted by Gasteiger charge is -2.21. The van der Waals surface area contributed by atoms with Gasteiger partial charge in [-0.05, 0) is 30.7 Å². The van der Waals surface area contributed by atoms with Gasteiger partial charge in [-0.1, -0.05) is 48.5 Å². The summed E-state index contributed by atoms with van der Waals surface area (Å²) in [6, 6.07) is 14.1. The van der Waals surface area contributed by atoms with Crippen molar-refractivity contribution in [2.75, 3.05) is 7.11 Å². The van der Waals surface area contributed by atoms with Crippen LogP contribution in [0.2, 0.25) is 0 Å².